The monoisotopic (exact) mass is 486 g/mol. The first-order chi connectivity index (χ1) is 16.1. The van der Waals surface area contributed by atoms with Crippen molar-refractivity contribution in [1.82, 2.24) is 0 Å². The summed E-state index contributed by atoms with van der Waals surface area (Å²) in [5, 5.41) is 32.8. The molecule has 4 aliphatic rings. The molecule has 35 heavy (non-hydrogen) atoms. The van der Waals surface area contributed by atoms with Gasteiger partial charge in [0.1, 0.15) is 0 Å². The molecule has 0 aliphatic heterocycles. The zero-order valence-electron chi connectivity index (χ0n) is 23.3. The molecule has 198 valence electrons. The van der Waals surface area contributed by atoms with E-state index in [0.29, 0.717) is 24.7 Å². The van der Waals surface area contributed by atoms with Crippen LogP contribution < -0.4 is 0 Å². The lowest BCUT2D eigenvalue weighted by Gasteiger charge is -2.62. The molecule has 2 fully saturated rings. The van der Waals surface area contributed by atoms with Crippen molar-refractivity contribution in [1.29, 1.82) is 0 Å². The molecule has 2 saturated carbocycles. The van der Waals surface area contributed by atoms with Gasteiger partial charge in [-0.25, -0.2) is 0 Å². The Morgan fingerprint density at radius 2 is 1.66 bits per heavy atom. The number of carboxylic acids is 1. The Kier molecular flexibility index (Phi) is 6.71. The summed E-state index contributed by atoms with van der Waals surface area (Å²) in [5.74, 6) is -0.415. The second kappa shape index (κ2) is 8.72. The largest absolute Gasteiger partial charge is 0.481 e. The number of fused-ring (bicyclic) bond motifs is 4. The zero-order valence-corrected chi connectivity index (χ0v) is 23.3. The molecule has 4 heteroatoms. The van der Waals surface area contributed by atoms with E-state index >= 15 is 0 Å². The van der Waals surface area contributed by atoms with Crippen molar-refractivity contribution in [3.63, 3.8) is 0 Å². The number of carbonyl (C=O) groups is 1. The van der Waals surface area contributed by atoms with Crippen LogP contribution in [-0.2, 0) is 4.79 Å². The van der Waals surface area contributed by atoms with Gasteiger partial charge in [-0.05, 0) is 91.8 Å². The van der Waals surface area contributed by atoms with E-state index in [0.717, 1.165) is 50.5 Å². The van der Waals surface area contributed by atoms with E-state index in [4.69, 9.17) is 0 Å². The zero-order chi connectivity index (χ0) is 26.1. The highest BCUT2D eigenvalue weighted by molar-refractivity contribution is 5.71. The highest BCUT2D eigenvalue weighted by atomic mass is 16.4. The molecule has 0 aromatic rings. The van der Waals surface area contributed by atoms with E-state index in [1.54, 1.807) is 0 Å². The summed E-state index contributed by atoms with van der Waals surface area (Å²) in [5.41, 5.74) is 3.40. The van der Waals surface area contributed by atoms with E-state index in [1.165, 1.54) is 11.1 Å². The highest BCUT2D eigenvalue weighted by Crippen LogP contribution is 2.72. The Bertz CT molecular complexity index is 915. The van der Waals surface area contributed by atoms with E-state index < -0.39 is 18.0 Å². The number of allylic oxidation sites excluding steroid dienone is 2. The molecular weight excluding hydrogens is 436 g/mol. The van der Waals surface area contributed by atoms with Crippen LogP contribution >= 0.6 is 0 Å². The fourth-order valence-electron chi connectivity index (χ4n) is 9.49. The summed E-state index contributed by atoms with van der Waals surface area (Å²) in [7, 11) is 0. The van der Waals surface area contributed by atoms with Crippen LogP contribution in [0.2, 0.25) is 0 Å². The Balaban J connectivity index is 1.72. The van der Waals surface area contributed by atoms with E-state index in [-0.39, 0.29) is 33.7 Å². The van der Waals surface area contributed by atoms with Gasteiger partial charge in [0.2, 0.25) is 0 Å². The van der Waals surface area contributed by atoms with Crippen molar-refractivity contribution in [3.05, 3.63) is 23.3 Å². The summed E-state index contributed by atoms with van der Waals surface area (Å²) >= 11 is 0. The predicted octanol–water partition coefficient (Wildman–Crippen LogP) is 6.76. The Labute approximate surface area is 213 Å². The summed E-state index contributed by atoms with van der Waals surface area (Å²) < 4.78 is 0. The number of aliphatic hydroxyl groups excluding tert-OH is 2. The Morgan fingerprint density at radius 1 is 1.00 bits per heavy atom. The van der Waals surface area contributed by atoms with Crippen LogP contribution in [0.15, 0.2) is 23.3 Å². The molecule has 0 radical (unpaired) electrons. The lowest BCUT2D eigenvalue weighted by molar-refractivity contribution is -0.147. The van der Waals surface area contributed by atoms with Crippen LogP contribution in [0, 0.1) is 45.3 Å². The fraction of sp³-hybridized carbons (Fsp3) is 0.839. The lowest BCUT2D eigenvalue weighted by Crippen LogP contribution is -2.56. The van der Waals surface area contributed by atoms with Crippen molar-refractivity contribution >= 4 is 5.97 Å². The van der Waals surface area contributed by atoms with Crippen LogP contribution in [0.25, 0.3) is 0 Å². The molecule has 4 rings (SSSR count). The van der Waals surface area contributed by atoms with Gasteiger partial charge in [-0.1, -0.05) is 71.8 Å². The summed E-state index contributed by atoms with van der Waals surface area (Å²) in [6, 6.07) is 0. The second-order valence-electron chi connectivity index (χ2n) is 14.1. The molecule has 3 N–H and O–H groups in total. The molecule has 8 atom stereocenters. The lowest BCUT2D eigenvalue weighted by atomic mass is 9.43. The number of rotatable bonds is 6. The Morgan fingerprint density at radius 3 is 2.26 bits per heavy atom. The normalized spacial score (nSPS) is 43.4. The standard InChI is InChI=1S/C31H50O4/c1-18(2)19(3)9-10-20(27(34)35)23-17-26(33)31(8)22-11-12-24-28(4,5)25(32)14-15-29(24,6)21(22)13-16-30(23,31)7/h18,20,23-26,32-33H,3,9-17H2,1-2,4-8H3,(H,34,35)/t20-,23-,24-,25-,26+,29-,30-,31-/m1/s1. The quantitative estimate of drug-likeness (QED) is 0.362. The average molecular weight is 487 g/mol. The molecule has 0 aromatic heterocycles. The third-order valence-electron chi connectivity index (χ3n) is 12.3. The van der Waals surface area contributed by atoms with E-state index in [1.807, 2.05) is 0 Å². The first-order valence-electron chi connectivity index (χ1n) is 14.1. The third kappa shape index (κ3) is 3.71. The highest BCUT2D eigenvalue weighted by Gasteiger charge is 2.67. The minimum atomic E-state index is -0.720. The van der Waals surface area contributed by atoms with Crippen LogP contribution in [-0.4, -0.2) is 33.5 Å². The van der Waals surface area contributed by atoms with Gasteiger partial charge in [-0.3, -0.25) is 4.79 Å². The molecule has 0 heterocycles. The molecule has 0 unspecified atom stereocenters. The minimum absolute atomic E-state index is 0.0378. The van der Waals surface area contributed by atoms with Gasteiger partial charge in [-0.2, -0.15) is 0 Å². The van der Waals surface area contributed by atoms with Crippen molar-refractivity contribution < 1.29 is 20.1 Å². The third-order valence-corrected chi connectivity index (χ3v) is 12.3. The van der Waals surface area contributed by atoms with Crippen molar-refractivity contribution in [2.45, 2.75) is 118 Å². The maximum atomic E-state index is 12.6. The Hall–Kier alpha value is -1.13. The molecule has 0 amide bonds. The first kappa shape index (κ1) is 26.9. The average Bonchev–Trinajstić information content (AvgIpc) is 2.98. The van der Waals surface area contributed by atoms with Gasteiger partial charge in [0.15, 0.2) is 0 Å². The molecule has 0 bridgehead atoms. The van der Waals surface area contributed by atoms with Gasteiger partial charge < -0.3 is 15.3 Å². The topological polar surface area (TPSA) is 77.8 Å². The maximum absolute atomic E-state index is 12.6. The summed E-state index contributed by atoms with van der Waals surface area (Å²) in [6.45, 7) is 19.9. The van der Waals surface area contributed by atoms with Gasteiger partial charge in [0, 0.05) is 5.41 Å². The molecule has 0 spiro atoms. The second-order valence-corrected chi connectivity index (χ2v) is 14.1. The van der Waals surface area contributed by atoms with Gasteiger partial charge in [-0.15, -0.1) is 0 Å². The number of aliphatic carboxylic acids is 1. The van der Waals surface area contributed by atoms with Crippen molar-refractivity contribution in [3.8, 4) is 0 Å². The van der Waals surface area contributed by atoms with Crippen LogP contribution in [0.5, 0.6) is 0 Å². The maximum Gasteiger partial charge on any atom is 0.306 e. The minimum Gasteiger partial charge on any atom is -0.481 e. The van der Waals surface area contributed by atoms with Crippen LogP contribution in [0.3, 0.4) is 0 Å². The van der Waals surface area contributed by atoms with E-state index in [9.17, 15) is 20.1 Å². The summed E-state index contributed by atoms with van der Waals surface area (Å²) in [6.07, 6.45) is 6.90. The van der Waals surface area contributed by atoms with E-state index in [2.05, 4.69) is 55.0 Å². The van der Waals surface area contributed by atoms with Gasteiger partial charge in [0.25, 0.3) is 0 Å². The summed E-state index contributed by atoms with van der Waals surface area (Å²) in [4.78, 5) is 12.6. The molecule has 4 aliphatic carbocycles. The number of hydrogen-bond donors (Lipinski definition) is 3. The number of carboxylic acid groups (broad SMARTS) is 1. The predicted molar refractivity (Wildman–Crippen MR) is 141 cm³/mol. The van der Waals surface area contributed by atoms with Crippen LogP contribution in [0.4, 0.5) is 0 Å². The van der Waals surface area contributed by atoms with Crippen molar-refractivity contribution in [2.75, 3.05) is 0 Å². The van der Waals surface area contributed by atoms with Gasteiger partial charge in [0.05, 0.1) is 18.1 Å². The first-order valence-corrected chi connectivity index (χ1v) is 14.1. The van der Waals surface area contributed by atoms with Crippen molar-refractivity contribution in [2.24, 2.45) is 45.3 Å². The number of hydrogen-bond acceptors (Lipinski definition) is 3. The van der Waals surface area contributed by atoms with Crippen LogP contribution in [0.1, 0.15) is 106 Å². The SMILES string of the molecule is C=C(CC[C@@H](C(=O)O)[C@H]1C[C@H](O)[C@@]2(C)C3=C(CC[C@]12C)[C@@]1(C)CC[C@@H](O)C(C)(C)[C@H]1CC3)C(C)C. The molecular formula is C31H50O4. The molecule has 4 nitrogen and oxygen atoms in total. The smallest absolute Gasteiger partial charge is 0.306 e. The molecule has 0 saturated heterocycles. The van der Waals surface area contributed by atoms with Gasteiger partial charge >= 0.3 is 5.97 Å². The number of aliphatic hydroxyl groups is 2. The fourth-order valence-corrected chi connectivity index (χ4v) is 9.49. The molecule has 0 aromatic carbocycles.